The molecule has 33 heavy (non-hydrogen) atoms. The van der Waals surface area contributed by atoms with E-state index in [1.165, 1.54) is 10.4 Å². The van der Waals surface area contributed by atoms with Crippen LogP contribution in [-0.2, 0) is 18.6 Å². The number of tetrazole rings is 1. The van der Waals surface area contributed by atoms with Crippen LogP contribution in [-0.4, -0.2) is 32.2 Å². The first kappa shape index (κ1) is 23.4. The number of benzene rings is 2. The third kappa shape index (κ3) is 5.43. The Morgan fingerprint density at radius 1 is 1.03 bits per heavy atom. The Hall–Kier alpha value is -2.74. The lowest BCUT2D eigenvalue weighted by atomic mass is 10.1. The predicted molar refractivity (Wildman–Crippen MR) is 133 cm³/mol. The average molecular weight is 482 g/mol. The molecule has 0 aliphatic heterocycles. The highest BCUT2D eigenvalue weighted by molar-refractivity contribution is 7.10. The van der Waals surface area contributed by atoms with E-state index < -0.39 is 0 Å². The Bertz CT molecular complexity index is 1170. The van der Waals surface area contributed by atoms with Gasteiger partial charge in [-0.05, 0) is 72.0 Å². The molecule has 0 aliphatic rings. The summed E-state index contributed by atoms with van der Waals surface area (Å²) in [5.74, 6) is 1.65. The number of nitrogens with zero attached hydrogens (tertiary/aromatic N) is 5. The number of ether oxygens (including phenoxy) is 1. The molecular weight excluding hydrogens is 454 g/mol. The van der Waals surface area contributed by atoms with Crippen LogP contribution in [0.15, 0.2) is 66.0 Å². The number of thiophene rings is 1. The van der Waals surface area contributed by atoms with Gasteiger partial charge in [-0.3, -0.25) is 4.90 Å². The van der Waals surface area contributed by atoms with Crippen LogP contribution in [0.4, 0.5) is 0 Å². The Morgan fingerprint density at radius 3 is 2.42 bits per heavy atom. The molecule has 172 valence electrons. The van der Waals surface area contributed by atoms with Gasteiger partial charge in [-0.2, -0.15) is 0 Å². The van der Waals surface area contributed by atoms with Gasteiger partial charge in [0.1, 0.15) is 11.8 Å². The van der Waals surface area contributed by atoms with Gasteiger partial charge in [0.25, 0.3) is 0 Å². The molecule has 0 saturated carbocycles. The second-order valence-electron chi connectivity index (χ2n) is 8.88. The molecule has 0 fully saturated rings. The third-order valence-corrected chi connectivity index (χ3v) is 6.72. The number of aromatic nitrogens is 4. The summed E-state index contributed by atoms with van der Waals surface area (Å²) in [5.41, 5.74) is 1.97. The fourth-order valence-corrected chi connectivity index (χ4v) is 4.86. The molecule has 2 heterocycles. The highest BCUT2D eigenvalue weighted by Gasteiger charge is 2.32. The molecule has 0 aliphatic carbocycles. The van der Waals surface area contributed by atoms with Crippen LogP contribution in [0.25, 0.3) is 0 Å². The maximum absolute atomic E-state index is 6.58. The van der Waals surface area contributed by atoms with Crippen molar-refractivity contribution in [1.29, 1.82) is 0 Å². The van der Waals surface area contributed by atoms with Crippen molar-refractivity contribution in [2.75, 3.05) is 7.11 Å². The maximum Gasteiger partial charge on any atom is 0.174 e. The van der Waals surface area contributed by atoms with E-state index in [0.29, 0.717) is 13.1 Å². The van der Waals surface area contributed by atoms with E-state index in [1.54, 1.807) is 18.4 Å². The van der Waals surface area contributed by atoms with Crippen molar-refractivity contribution >= 4 is 22.9 Å². The lowest BCUT2D eigenvalue weighted by Gasteiger charge is -2.32. The van der Waals surface area contributed by atoms with Crippen LogP contribution >= 0.6 is 22.9 Å². The minimum absolute atomic E-state index is 0.141. The van der Waals surface area contributed by atoms with Gasteiger partial charge < -0.3 is 4.74 Å². The summed E-state index contributed by atoms with van der Waals surface area (Å²) in [4.78, 5) is 3.55. The molecule has 6 nitrogen and oxygen atoms in total. The van der Waals surface area contributed by atoms with Gasteiger partial charge in [0.15, 0.2) is 5.82 Å². The number of rotatable bonds is 8. The molecule has 0 amide bonds. The van der Waals surface area contributed by atoms with E-state index in [4.69, 9.17) is 16.3 Å². The summed E-state index contributed by atoms with van der Waals surface area (Å²) in [6.45, 7) is 7.67. The Labute approximate surface area is 203 Å². The molecule has 0 saturated heterocycles. The Kier molecular flexibility index (Phi) is 7.12. The predicted octanol–water partition coefficient (Wildman–Crippen LogP) is 5.94. The van der Waals surface area contributed by atoms with Gasteiger partial charge in [-0.25, -0.2) is 4.68 Å². The monoisotopic (exact) mass is 481 g/mol. The summed E-state index contributed by atoms with van der Waals surface area (Å²) in [6.07, 6.45) is 0. The van der Waals surface area contributed by atoms with Crippen molar-refractivity contribution in [3.8, 4) is 5.75 Å². The lowest BCUT2D eigenvalue weighted by molar-refractivity contribution is 0.188. The van der Waals surface area contributed by atoms with Crippen molar-refractivity contribution in [1.82, 2.24) is 25.1 Å². The van der Waals surface area contributed by atoms with Gasteiger partial charge in [-0.15, -0.1) is 16.4 Å². The normalized spacial score (nSPS) is 12.8. The van der Waals surface area contributed by atoms with Gasteiger partial charge in [0, 0.05) is 23.0 Å². The van der Waals surface area contributed by atoms with Crippen LogP contribution in [0.1, 0.15) is 48.6 Å². The second-order valence-corrected chi connectivity index (χ2v) is 10.3. The standard InChI is InChI=1S/C25H28ClN5OS/c1-25(2,3)31-24(27-28-29-31)23(22-10-7-15-33-22)30(17-19-8-5-6-9-21(19)26)16-18-11-13-20(32-4)14-12-18/h5-15,23H,16-17H2,1-4H3/t23-/m0/s1. The minimum atomic E-state index is -0.259. The van der Waals surface area contributed by atoms with E-state index in [-0.39, 0.29) is 11.6 Å². The quantitative estimate of drug-likeness (QED) is 0.311. The van der Waals surface area contributed by atoms with Gasteiger partial charge in [-0.1, -0.05) is 48.0 Å². The summed E-state index contributed by atoms with van der Waals surface area (Å²) < 4.78 is 7.27. The van der Waals surface area contributed by atoms with Crippen molar-refractivity contribution in [2.24, 2.45) is 0 Å². The summed E-state index contributed by atoms with van der Waals surface area (Å²) in [7, 11) is 1.68. The van der Waals surface area contributed by atoms with Crippen molar-refractivity contribution in [2.45, 2.75) is 45.4 Å². The molecule has 0 radical (unpaired) electrons. The number of hydrogen-bond acceptors (Lipinski definition) is 6. The van der Waals surface area contributed by atoms with Gasteiger partial charge in [0.2, 0.25) is 0 Å². The zero-order chi connectivity index (χ0) is 23.4. The fraction of sp³-hybridized carbons (Fsp3) is 0.320. The Morgan fingerprint density at radius 2 is 1.79 bits per heavy atom. The lowest BCUT2D eigenvalue weighted by Crippen LogP contribution is -2.34. The first-order valence-corrected chi connectivity index (χ1v) is 12.0. The molecule has 2 aromatic carbocycles. The van der Waals surface area contributed by atoms with Crippen LogP contribution in [0, 0.1) is 0 Å². The SMILES string of the molecule is COc1ccc(CN(Cc2ccccc2Cl)[C@@H](c2cccs2)c2nnnn2C(C)(C)C)cc1. The van der Waals surface area contributed by atoms with E-state index in [2.05, 4.69) is 76.9 Å². The first-order chi connectivity index (χ1) is 15.9. The number of methoxy groups -OCH3 is 1. The minimum Gasteiger partial charge on any atom is -0.497 e. The van der Waals surface area contributed by atoms with Crippen LogP contribution < -0.4 is 4.74 Å². The van der Waals surface area contributed by atoms with E-state index in [1.807, 2.05) is 35.0 Å². The second kappa shape index (κ2) is 10.0. The molecule has 2 aromatic heterocycles. The highest BCUT2D eigenvalue weighted by atomic mass is 35.5. The van der Waals surface area contributed by atoms with E-state index in [9.17, 15) is 0 Å². The number of halogens is 1. The third-order valence-electron chi connectivity index (χ3n) is 5.43. The topological polar surface area (TPSA) is 56.1 Å². The molecule has 0 bridgehead atoms. The first-order valence-electron chi connectivity index (χ1n) is 10.8. The maximum atomic E-state index is 6.58. The fourth-order valence-electron chi connectivity index (χ4n) is 3.81. The summed E-state index contributed by atoms with van der Waals surface area (Å²) in [6, 6.07) is 20.2. The van der Waals surface area contributed by atoms with E-state index in [0.717, 1.165) is 22.2 Å². The smallest absolute Gasteiger partial charge is 0.174 e. The molecule has 0 N–H and O–H groups in total. The molecule has 0 spiro atoms. The Balaban J connectivity index is 1.80. The average Bonchev–Trinajstić information content (AvgIpc) is 3.49. The summed E-state index contributed by atoms with van der Waals surface area (Å²) in [5, 5.41) is 15.7. The zero-order valence-electron chi connectivity index (χ0n) is 19.3. The van der Waals surface area contributed by atoms with Gasteiger partial charge >= 0.3 is 0 Å². The van der Waals surface area contributed by atoms with Crippen LogP contribution in [0.3, 0.4) is 0 Å². The molecule has 0 unspecified atom stereocenters. The molecule has 4 aromatic rings. The molecule has 4 rings (SSSR count). The van der Waals surface area contributed by atoms with Gasteiger partial charge in [0.05, 0.1) is 12.6 Å². The molecule has 8 heteroatoms. The van der Waals surface area contributed by atoms with Crippen molar-refractivity contribution in [3.63, 3.8) is 0 Å². The zero-order valence-corrected chi connectivity index (χ0v) is 20.8. The summed E-state index contributed by atoms with van der Waals surface area (Å²) >= 11 is 8.29. The number of hydrogen-bond donors (Lipinski definition) is 0. The highest BCUT2D eigenvalue weighted by Crippen LogP contribution is 2.35. The van der Waals surface area contributed by atoms with Crippen molar-refractivity contribution in [3.05, 3.63) is 92.9 Å². The van der Waals surface area contributed by atoms with Crippen LogP contribution in [0.5, 0.6) is 5.75 Å². The molecular formula is C25H28ClN5OS. The van der Waals surface area contributed by atoms with Crippen molar-refractivity contribution < 1.29 is 4.74 Å². The van der Waals surface area contributed by atoms with E-state index >= 15 is 0 Å². The largest absolute Gasteiger partial charge is 0.497 e. The molecule has 1 atom stereocenters. The van der Waals surface area contributed by atoms with Crippen LogP contribution in [0.2, 0.25) is 5.02 Å².